The van der Waals surface area contributed by atoms with Crippen molar-refractivity contribution in [2.75, 3.05) is 7.11 Å². The molecule has 0 aromatic heterocycles. The van der Waals surface area contributed by atoms with Gasteiger partial charge in [-0.2, -0.15) is 0 Å². The van der Waals surface area contributed by atoms with Gasteiger partial charge in [-0.1, -0.05) is 30.3 Å². The zero-order valence-corrected chi connectivity index (χ0v) is 9.58. The van der Waals surface area contributed by atoms with Crippen molar-refractivity contribution in [1.82, 2.24) is 0 Å². The molecule has 0 amide bonds. The smallest absolute Gasteiger partial charge is 0.126 e. The minimum Gasteiger partial charge on any atom is -0.496 e. The third-order valence-corrected chi connectivity index (χ3v) is 2.80. The number of methoxy groups -OCH3 is 1. The van der Waals surface area contributed by atoms with Gasteiger partial charge >= 0.3 is 0 Å². The molecule has 0 saturated heterocycles. The van der Waals surface area contributed by atoms with E-state index in [0.717, 1.165) is 16.7 Å². The Labute approximate surface area is 94.6 Å². The Morgan fingerprint density at radius 3 is 2.33 bits per heavy atom. The minimum absolute atomic E-state index is 0.0146. The lowest BCUT2D eigenvalue weighted by atomic mass is 10.0. The summed E-state index contributed by atoms with van der Waals surface area (Å²) in [5, 5.41) is 2.30. The zero-order chi connectivity index (χ0) is 10.8. The lowest BCUT2D eigenvalue weighted by Crippen LogP contribution is -1.90. The molecule has 15 heavy (non-hydrogen) atoms. The predicted octanol–water partition coefficient (Wildman–Crippen LogP) is 4.15. The van der Waals surface area contributed by atoms with E-state index in [0.29, 0.717) is 0 Å². The van der Waals surface area contributed by atoms with Crippen LogP contribution in [-0.2, 0) is 0 Å². The summed E-state index contributed by atoms with van der Waals surface area (Å²) in [5.74, 6) is 0.895. The van der Waals surface area contributed by atoms with Gasteiger partial charge in [0.1, 0.15) is 5.75 Å². The Morgan fingerprint density at radius 1 is 1.07 bits per heavy atom. The first kappa shape index (κ1) is 10.3. The van der Waals surface area contributed by atoms with Crippen LogP contribution in [0.4, 0.5) is 0 Å². The monoisotopic (exact) mass is 220 g/mol. The third kappa shape index (κ3) is 1.80. The van der Waals surface area contributed by atoms with Crippen molar-refractivity contribution in [3.8, 4) is 5.75 Å². The molecule has 1 unspecified atom stereocenters. The first-order valence-electron chi connectivity index (χ1n) is 4.93. The Morgan fingerprint density at radius 2 is 1.73 bits per heavy atom. The Hall–Kier alpha value is -1.21. The molecule has 0 fully saturated rings. The van der Waals surface area contributed by atoms with Gasteiger partial charge in [0, 0.05) is 5.39 Å². The second-order valence-corrected chi connectivity index (χ2v) is 4.17. The molecule has 0 saturated carbocycles. The van der Waals surface area contributed by atoms with E-state index in [1.54, 1.807) is 7.11 Å². The number of benzene rings is 2. The minimum atomic E-state index is 0.0146. The van der Waals surface area contributed by atoms with Gasteiger partial charge in [0.25, 0.3) is 0 Å². The fourth-order valence-corrected chi connectivity index (χ4v) is 2.01. The number of fused-ring (bicyclic) bond motifs is 1. The van der Waals surface area contributed by atoms with E-state index in [4.69, 9.17) is 16.3 Å². The summed E-state index contributed by atoms with van der Waals surface area (Å²) in [7, 11) is 1.69. The van der Waals surface area contributed by atoms with Crippen molar-refractivity contribution in [2.24, 2.45) is 0 Å². The summed E-state index contributed by atoms with van der Waals surface area (Å²) < 4.78 is 5.32. The fraction of sp³-hybridized carbons (Fsp3) is 0.231. The Balaban J connectivity index is 2.77. The highest BCUT2D eigenvalue weighted by atomic mass is 35.5. The molecule has 1 atom stereocenters. The maximum Gasteiger partial charge on any atom is 0.126 e. The van der Waals surface area contributed by atoms with Crippen LogP contribution in [0.15, 0.2) is 36.4 Å². The molecule has 2 aromatic carbocycles. The standard InChI is InChI=1S/C13H13ClO/c1-9(14)10-7-8-13(15-2)12-6-4-3-5-11(10)12/h3-9H,1-2H3. The van der Waals surface area contributed by atoms with E-state index in [2.05, 4.69) is 12.1 Å². The summed E-state index contributed by atoms with van der Waals surface area (Å²) in [5.41, 5.74) is 1.15. The van der Waals surface area contributed by atoms with Gasteiger partial charge in [-0.15, -0.1) is 11.6 Å². The number of alkyl halides is 1. The Bertz CT molecular complexity index is 477. The number of ether oxygens (including phenoxy) is 1. The summed E-state index contributed by atoms with van der Waals surface area (Å²) in [4.78, 5) is 0. The van der Waals surface area contributed by atoms with E-state index in [9.17, 15) is 0 Å². The molecule has 0 aliphatic heterocycles. The van der Waals surface area contributed by atoms with E-state index in [-0.39, 0.29) is 5.38 Å². The van der Waals surface area contributed by atoms with Crippen molar-refractivity contribution in [2.45, 2.75) is 12.3 Å². The van der Waals surface area contributed by atoms with Crippen LogP contribution in [0.1, 0.15) is 17.9 Å². The highest BCUT2D eigenvalue weighted by molar-refractivity contribution is 6.21. The summed E-state index contributed by atoms with van der Waals surface area (Å²) in [6, 6.07) is 12.1. The number of hydrogen-bond donors (Lipinski definition) is 0. The van der Waals surface area contributed by atoms with Crippen LogP contribution in [0.5, 0.6) is 5.75 Å². The van der Waals surface area contributed by atoms with Crippen LogP contribution in [0.2, 0.25) is 0 Å². The maximum atomic E-state index is 6.14. The second kappa shape index (κ2) is 4.11. The molecule has 1 nitrogen and oxygen atoms in total. The van der Waals surface area contributed by atoms with Crippen LogP contribution in [0.25, 0.3) is 10.8 Å². The quantitative estimate of drug-likeness (QED) is 0.691. The number of rotatable bonds is 2. The van der Waals surface area contributed by atoms with Crippen molar-refractivity contribution >= 4 is 22.4 Å². The van der Waals surface area contributed by atoms with Gasteiger partial charge in [-0.05, 0) is 23.9 Å². The van der Waals surface area contributed by atoms with Gasteiger partial charge in [0.15, 0.2) is 0 Å². The molecule has 0 aliphatic carbocycles. The van der Waals surface area contributed by atoms with Crippen LogP contribution < -0.4 is 4.74 Å². The number of halogens is 1. The molecule has 0 radical (unpaired) electrons. The molecule has 2 aromatic rings. The van der Waals surface area contributed by atoms with Crippen molar-refractivity contribution in [1.29, 1.82) is 0 Å². The first-order chi connectivity index (χ1) is 7.24. The van der Waals surface area contributed by atoms with Gasteiger partial charge in [0.2, 0.25) is 0 Å². The van der Waals surface area contributed by atoms with Crippen molar-refractivity contribution < 1.29 is 4.74 Å². The third-order valence-electron chi connectivity index (χ3n) is 2.57. The molecule has 0 aliphatic rings. The molecular weight excluding hydrogens is 208 g/mol. The van der Waals surface area contributed by atoms with Crippen LogP contribution in [0, 0.1) is 0 Å². The molecule has 0 heterocycles. The first-order valence-corrected chi connectivity index (χ1v) is 5.37. The normalized spacial score (nSPS) is 12.7. The fourth-order valence-electron chi connectivity index (χ4n) is 1.82. The molecule has 0 N–H and O–H groups in total. The van der Waals surface area contributed by atoms with Gasteiger partial charge in [0.05, 0.1) is 12.5 Å². The molecule has 0 spiro atoms. The summed E-state index contributed by atoms with van der Waals surface area (Å²) in [6.45, 7) is 1.98. The topological polar surface area (TPSA) is 9.23 Å². The molecule has 0 bridgehead atoms. The highest BCUT2D eigenvalue weighted by Crippen LogP contribution is 2.33. The largest absolute Gasteiger partial charge is 0.496 e. The van der Waals surface area contributed by atoms with Gasteiger partial charge in [-0.25, -0.2) is 0 Å². The lowest BCUT2D eigenvalue weighted by Gasteiger charge is -2.11. The van der Waals surface area contributed by atoms with E-state index >= 15 is 0 Å². The lowest BCUT2D eigenvalue weighted by molar-refractivity contribution is 0.419. The van der Waals surface area contributed by atoms with E-state index < -0.39 is 0 Å². The average Bonchev–Trinajstić information content (AvgIpc) is 2.27. The second-order valence-electron chi connectivity index (χ2n) is 3.52. The number of hydrogen-bond acceptors (Lipinski definition) is 1. The van der Waals surface area contributed by atoms with E-state index in [1.807, 2.05) is 31.2 Å². The average molecular weight is 221 g/mol. The van der Waals surface area contributed by atoms with Crippen molar-refractivity contribution in [3.05, 3.63) is 42.0 Å². The molecule has 78 valence electrons. The van der Waals surface area contributed by atoms with Crippen LogP contribution in [-0.4, -0.2) is 7.11 Å². The Kier molecular flexibility index (Phi) is 2.83. The molecular formula is C13H13ClO. The SMILES string of the molecule is COc1ccc(C(C)Cl)c2ccccc12. The van der Waals surface area contributed by atoms with Crippen molar-refractivity contribution in [3.63, 3.8) is 0 Å². The highest BCUT2D eigenvalue weighted by Gasteiger charge is 2.09. The zero-order valence-electron chi connectivity index (χ0n) is 8.83. The van der Waals surface area contributed by atoms with Crippen LogP contribution in [0.3, 0.4) is 0 Å². The van der Waals surface area contributed by atoms with Crippen LogP contribution >= 0.6 is 11.6 Å². The summed E-state index contributed by atoms with van der Waals surface area (Å²) >= 11 is 6.14. The van der Waals surface area contributed by atoms with E-state index in [1.165, 1.54) is 5.39 Å². The molecule has 2 rings (SSSR count). The van der Waals surface area contributed by atoms with Gasteiger partial charge in [-0.3, -0.25) is 0 Å². The predicted molar refractivity (Wildman–Crippen MR) is 64.8 cm³/mol. The summed E-state index contributed by atoms with van der Waals surface area (Å²) in [6.07, 6.45) is 0. The van der Waals surface area contributed by atoms with Gasteiger partial charge < -0.3 is 4.74 Å². The molecule has 2 heteroatoms. The maximum absolute atomic E-state index is 6.14.